The third kappa shape index (κ3) is 3.42. The van der Waals surface area contributed by atoms with Crippen LogP contribution in [0.5, 0.6) is 0 Å². The van der Waals surface area contributed by atoms with E-state index in [2.05, 4.69) is 25.3 Å². The largest absolute Gasteiger partial charge is 0.344 e. The van der Waals surface area contributed by atoms with Gasteiger partial charge in [-0.15, -0.1) is 0 Å². The molecule has 3 aromatic heterocycles. The van der Waals surface area contributed by atoms with Gasteiger partial charge < -0.3 is 5.32 Å². The Morgan fingerprint density at radius 3 is 2.73 bits per heavy atom. The van der Waals surface area contributed by atoms with E-state index in [0.29, 0.717) is 5.13 Å². The Hall–Kier alpha value is -3.63. The summed E-state index contributed by atoms with van der Waals surface area (Å²) in [6.07, 6.45) is 3.00. The van der Waals surface area contributed by atoms with Crippen molar-refractivity contribution in [1.29, 1.82) is 0 Å². The Kier molecular flexibility index (Phi) is 4.69. The van der Waals surface area contributed by atoms with Crippen LogP contribution < -0.4 is 5.32 Å². The minimum absolute atomic E-state index is 0.102. The van der Waals surface area contributed by atoms with Crippen molar-refractivity contribution in [2.75, 3.05) is 5.32 Å². The molecular weight excluding hydrogens is 420 g/mol. The summed E-state index contributed by atoms with van der Waals surface area (Å²) < 4.78 is 0.980. The molecule has 0 amide bonds. The van der Waals surface area contributed by atoms with Crippen molar-refractivity contribution < 1.29 is 4.92 Å². The van der Waals surface area contributed by atoms with Crippen LogP contribution in [-0.2, 0) is 0 Å². The standard InChI is InChI=1S/C20H12N6O2S2/c27-26(28)17-18(25-20-24-13-7-1-2-8-14(13)30-20)22-11-23-19(17)29-15-9-3-5-12-6-4-10-21-16(12)15/h1-11H,(H,22,23,24,25). The van der Waals surface area contributed by atoms with Crippen LogP contribution in [0.2, 0.25) is 0 Å². The van der Waals surface area contributed by atoms with Crippen molar-refractivity contribution in [3.63, 3.8) is 0 Å². The van der Waals surface area contributed by atoms with E-state index in [4.69, 9.17) is 0 Å². The SMILES string of the molecule is O=[N+]([O-])c1c(Nc2nc3ccccc3s2)ncnc1Sc1cccc2cccnc12. The van der Waals surface area contributed by atoms with Crippen LogP contribution in [0.15, 0.2) is 77.0 Å². The van der Waals surface area contributed by atoms with Gasteiger partial charge in [-0.1, -0.05) is 53.4 Å². The van der Waals surface area contributed by atoms with E-state index in [1.54, 1.807) is 6.20 Å². The zero-order valence-corrected chi connectivity index (χ0v) is 16.9. The van der Waals surface area contributed by atoms with Crippen molar-refractivity contribution in [3.8, 4) is 0 Å². The molecule has 5 aromatic rings. The first kappa shape index (κ1) is 18.4. The lowest BCUT2D eigenvalue weighted by Crippen LogP contribution is -2.02. The van der Waals surface area contributed by atoms with Crippen LogP contribution in [-0.4, -0.2) is 24.9 Å². The van der Waals surface area contributed by atoms with Crippen LogP contribution in [0.4, 0.5) is 16.6 Å². The van der Waals surface area contributed by atoms with Crippen molar-refractivity contribution in [1.82, 2.24) is 19.9 Å². The maximum Gasteiger partial charge on any atom is 0.344 e. The zero-order valence-electron chi connectivity index (χ0n) is 15.2. The fraction of sp³-hybridized carbons (Fsp3) is 0. The molecule has 0 aliphatic carbocycles. The molecule has 30 heavy (non-hydrogen) atoms. The van der Waals surface area contributed by atoms with Crippen molar-refractivity contribution in [3.05, 3.63) is 77.2 Å². The molecule has 0 atom stereocenters. The highest BCUT2D eigenvalue weighted by atomic mass is 32.2. The molecule has 8 nitrogen and oxygen atoms in total. The number of nitro groups is 1. The first-order chi connectivity index (χ1) is 14.7. The molecular formula is C20H12N6O2S2. The summed E-state index contributed by atoms with van der Waals surface area (Å²) in [4.78, 5) is 29.4. The fourth-order valence-corrected chi connectivity index (χ4v) is 4.84. The smallest absolute Gasteiger partial charge is 0.310 e. The average Bonchev–Trinajstić information content (AvgIpc) is 3.16. The van der Waals surface area contributed by atoms with Crippen molar-refractivity contribution in [2.24, 2.45) is 0 Å². The van der Waals surface area contributed by atoms with Gasteiger partial charge in [0, 0.05) is 16.5 Å². The Bertz CT molecular complexity index is 1370. The molecule has 0 aliphatic rings. The lowest BCUT2D eigenvalue weighted by Gasteiger charge is -2.08. The Balaban J connectivity index is 1.55. The van der Waals surface area contributed by atoms with E-state index in [9.17, 15) is 10.1 Å². The van der Waals surface area contributed by atoms with Gasteiger partial charge >= 0.3 is 5.69 Å². The molecule has 0 radical (unpaired) electrons. The number of hydrogen-bond acceptors (Lipinski definition) is 9. The van der Waals surface area contributed by atoms with E-state index in [0.717, 1.165) is 26.0 Å². The number of nitrogens with one attached hydrogen (secondary N) is 1. The highest BCUT2D eigenvalue weighted by Gasteiger charge is 2.25. The third-order valence-corrected chi connectivity index (χ3v) is 6.29. The summed E-state index contributed by atoms with van der Waals surface area (Å²) in [5.74, 6) is 0.102. The number of aromatic nitrogens is 4. The van der Waals surface area contributed by atoms with Gasteiger partial charge in [-0.05, 0) is 24.3 Å². The molecule has 0 unspecified atom stereocenters. The predicted octanol–water partition coefficient (Wildman–Crippen LogP) is 5.44. The molecule has 2 aromatic carbocycles. The molecule has 10 heteroatoms. The molecule has 3 heterocycles. The van der Waals surface area contributed by atoms with Crippen LogP contribution in [0.3, 0.4) is 0 Å². The quantitative estimate of drug-likeness (QED) is 0.222. The zero-order chi connectivity index (χ0) is 20.5. The maximum absolute atomic E-state index is 11.9. The monoisotopic (exact) mass is 432 g/mol. The number of anilines is 2. The van der Waals surface area contributed by atoms with Gasteiger partial charge in [-0.25, -0.2) is 15.0 Å². The second-order valence-electron chi connectivity index (χ2n) is 6.18. The summed E-state index contributed by atoms with van der Waals surface area (Å²) in [6, 6.07) is 17.1. The molecule has 0 saturated carbocycles. The molecule has 0 bridgehead atoms. The Labute approximate surface area is 178 Å². The highest BCUT2D eigenvalue weighted by molar-refractivity contribution is 7.99. The summed E-state index contributed by atoms with van der Waals surface area (Å²) in [5, 5.41) is 16.6. The van der Waals surface area contributed by atoms with E-state index in [1.165, 1.54) is 29.4 Å². The predicted molar refractivity (Wildman–Crippen MR) is 117 cm³/mol. The second kappa shape index (κ2) is 7.65. The van der Waals surface area contributed by atoms with Crippen LogP contribution in [0.25, 0.3) is 21.1 Å². The second-order valence-corrected chi connectivity index (χ2v) is 8.24. The van der Waals surface area contributed by atoms with Gasteiger partial charge in [-0.3, -0.25) is 15.1 Å². The van der Waals surface area contributed by atoms with Gasteiger partial charge in [0.05, 0.1) is 20.7 Å². The molecule has 146 valence electrons. The highest BCUT2D eigenvalue weighted by Crippen LogP contribution is 2.40. The number of benzene rings is 2. The first-order valence-electron chi connectivity index (χ1n) is 8.82. The number of nitrogens with zero attached hydrogens (tertiary/aromatic N) is 5. The average molecular weight is 432 g/mol. The minimum atomic E-state index is -0.476. The van der Waals surface area contributed by atoms with E-state index < -0.39 is 4.92 Å². The molecule has 0 saturated heterocycles. The van der Waals surface area contributed by atoms with Gasteiger partial charge in [-0.2, -0.15) is 0 Å². The van der Waals surface area contributed by atoms with Crippen LogP contribution in [0.1, 0.15) is 0 Å². The summed E-state index contributed by atoms with van der Waals surface area (Å²) >= 11 is 2.59. The third-order valence-electron chi connectivity index (χ3n) is 4.29. The summed E-state index contributed by atoms with van der Waals surface area (Å²) in [7, 11) is 0. The number of para-hydroxylation sites is 2. The van der Waals surface area contributed by atoms with E-state index in [1.807, 2.05) is 54.6 Å². The number of pyridine rings is 1. The lowest BCUT2D eigenvalue weighted by molar-refractivity contribution is -0.387. The Morgan fingerprint density at radius 1 is 1.00 bits per heavy atom. The molecule has 0 aliphatic heterocycles. The molecule has 0 fully saturated rings. The van der Waals surface area contributed by atoms with Gasteiger partial charge in [0.2, 0.25) is 5.82 Å². The summed E-state index contributed by atoms with van der Waals surface area (Å²) in [6.45, 7) is 0. The lowest BCUT2D eigenvalue weighted by atomic mass is 10.2. The number of thiazole rings is 1. The van der Waals surface area contributed by atoms with Gasteiger partial charge in [0.15, 0.2) is 10.2 Å². The molecule has 5 rings (SSSR count). The van der Waals surface area contributed by atoms with Crippen LogP contribution >= 0.6 is 23.1 Å². The number of rotatable bonds is 5. The molecule has 1 N–H and O–H groups in total. The van der Waals surface area contributed by atoms with Gasteiger partial charge in [0.25, 0.3) is 0 Å². The normalized spacial score (nSPS) is 11.1. The topological polar surface area (TPSA) is 107 Å². The molecule has 0 spiro atoms. The van der Waals surface area contributed by atoms with Crippen molar-refractivity contribution in [2.45, 2.75) is 9.92 Å². The summed E-state index contributed by atoms with van der Waals surface area (Å²) in [5.41, 5.74) is 1.38. The fourth-order valence-electron chi connectivity index (χ4n) is 2.98. The van der Waals surface area contributed by atoms with Crippen LogP contribution in [0, 0.1) is 10.1 Å². The van der Waals surface area contributed by atoms with Crippen molar-refractivity contribution >= 4 is 60.9 Å². The maximum atomic E-state index is 11.9. The number of hydrogen-bond donors (Lipinski definition) is 1. The van der Waals surface area contributed by atoms with Gasteiger partial charge in [0.1, 0.15) is 6.33 Å². The number of fused-ring (bicyclic) bond motifs is 2. The first-order valence-corrected chi connectivity index (χ1v) is 10.5. The van der Waals surface area contributed by atoms with E-state index in [-0.39, 0.29) is 16.5 Å². The Morgan fingerprint density at radius 2 is 1.87 bits per heavy atom. The van der Waals surface area contributed by atoms with E-state index >= 15 is 0 Å². The minimum Gasteiger partial charge on any atom is -0.310 e.